The lowest BCUT2D eigenvalue weighted by Gasteiger charge is -2.40. The van der Waals surface area contributed by atoms with Crippen LogP contribution >= 0.6 is 0 Å². The van der Waals surface area contributed by atoms with Crippen molar-refractivity contribution >= 4 is 11.9 Å². The van der Waals surface area contributed by atoms with Gasteiger partial charge < -0.3 is 9.47 Å². The molecule has 3 rings (SSSR count). The number of esters is 2. The van der Waals surface area contributed by atoms with Crippen molar-refractivity contribution in [3.8, 4) is 6.07 Å². The van der Waals surface area contributed by atoms with Gasteiger partial charge in [-0.3, -0.25) is 9.59 Å². The normalized spacial score (nSPS) is 42.4. The predicted octanol–water partition coefficient (Wildman–Crippen LogP) is 3.08. The van der Waals surface area contributed by atoms with E-state index >= 15 is 0 Å². The van der Waals surface area contributed by atoms with Crippen molar-refractivity contribution < 1.29 is 19.1 Å². The van der Waals surface area contributed by atoms with Crippen molar-refractivity contribution in [1.82, 2.24) is 0 Å². The Hall–Kier alpha value is -1.57. The summed E-state index contributed by atoms with van der Waals surface area (Å²) in [5, 5.41) is 9.54. The van der Waals surface area contributed by atoms with Gasteiger partial charge in [-0.1, -0.05) is 34.6 Å². The van der Waals surface area contributed by atoms with E-state index in [4.69, 9.17) is 9.47 Å². The van der Waals surface area contributed by atoms with E-state index in [2.05, 4.69) is 6.07 Å². The Morgan fingerprint density at radius 2 is 2.04 bits per heavy atom. The van der Waals surface area contributed by atoms with Crippen molar-refractivity contribution in [2.45, 2.75) is 66.6 Å². The lowest BCUT2D eigenvalue weighted by atomic mass is 9.66. The lowest BCUT2D eigenvalue weighted by Crippen LogP contribution is -2.46. The molecule has 2 bridgehead atoms. The number of hydrogen-bond acceptors (Lipinski definition) is 5. The van der Waals surface area contributed by atoms with Crippen molar-refractivity contribution in [1.29, 1.82) is 5.26 Å². The van der Waals surface area contributed by atoms with Crippen LogP contribution in [0.4, 0.5) is 0 Å². The van der Waals surface area contributed by atoms with Gasteiger partial charge in [0.15, 0.2) is 5.41 Å². The minimum Gasteiger partial charge on any atom is -0.458 e. The first kappa shape index (κ1) is 17.3. The number of nitriles is 1. The van der Waals surface area contributed by atoms with Gasteiger partial charge in [0.2, 0.25) is 0 Å². The fraction of sp³-hybridized carbons (Fsp3) is 0.842. The fourth-order valence-corrected chi connectivity index (χ4v) is 5.00. The Balaban J connectivity index is 1.86. The van der Waals surface area contributed by atoms with Crippen LogP contribution < -0.4 is 0 Å². The smallest absolute Gasteiger partial charge is 0.327 e. The highest BCUT2D eigenvalue weighted by atomic mass is 16.6. The second-order valence-electron chi connectivity index (χ2n) is 9.01. The zero-order chi connectivity index (χ0) is 18.1. The molecule has 5 nitrogen and oxygen atoms in total. The Morgan fingerprint density at radius 3 is 2.54 bits per heavy atom. The van der Waals surface area contributed by atoms with E-state index in [-0.39, 0.29) is 29.1 Å². The Morgan fingerprint density at radius 1 is 1.42 bits per heavy atom. The van der Waals surface area contributed by atoms with Crippen LogP contribution in [0, 0.1) is 45.3 Å². The summed E-state index contributed by atoms with van der Waals surface area (Å²) in [6, 6.07) is 2.20. The number of rotatable bonds is 3. The molecule has 132 valence electrons. The van der Waals surface area contributed by atoms with Gasteiger partial charge in [0, 0.05) is 11.8 Å². The zero-order valence-electron chi connectivity index (χ0n) is 15.4. The number of fused-ring (bicyclic) bond motifs is 1. The summed E-state index contributed by atoms with van der Waals surface area (Å²) in [5.41, 5.74) is -1.85. The summed E-state index contributed by atoms with van der Waals surface area (Å²) in [6.07, 6.45) is 0.244. The topological polar surface area (TPSA) is 76.4 Å². The van der Waals surface area contributed by atoms with Crippen molar-refractivity contribution in [2.24, 2.45) is 34.0 Å². The summed E-state index contributed by atoms with van der Waals surface area (Å²) in [5.74, 6) is -0.632. The first-order valence-electron chi connectivity index (χ1n) is 8.87. The molecule has 0 spiro atoms. The van der Waals surface area contributed by atoms with Gasteiger partial charge in [0.05, 0.1) is 11.5 Å². The maximum atomic E-state index is 13.0. The summed E-state index contributed by atoms with van der Waals surface area (Å²) < 4.78 is 11.5. The van der Waals surface area contributed by atoms with Crippen LogP contribution in [0.5, 0.6) is 0 Å². The third-order valence-corrected chi connectivity index (χ3v) is 7.33. The van der Waals surface area contributed by atoms with Gasteiger partial charge in [-0.25, -0.2) is 0 Å². The summed E-state index contributed by atoms with van der Waals surface area (Å²) in [4.78, 5) is 25.2. The molecule has 3 fully saturated rings. The first-order chi connectivity index (χ1) is 11.0. The molecule has 0 aromatic heterocycles. The highest BCUT2D eigenvalue weighted by molar-refractivity contribution is 5.85. The predicted molar refractivity (Wildman–Crippen MR) is 86.4 cm³/mol. The molecule has 2 saturated carbocycles. The largest absolute Gasteiger partial charge is 0.458 e. The van der Waals surface area contributed by atoms with Crippen LogP contribution in [0.2, 0.25) is 0 Å². The van der Waals surface area contributed by atoms with Gasteiger partial charge in [0.1, 0.15) is 12.2 Å². The standard InChI is InChI=1S/C19H27NO4/c1-7-18(6,17(3,4)5)15(21)23-13-11-8-19(9-20)12(10(11)2)14(13)24-16(19)22/h10-14H,7-8H2,1-6H3. The van der Waals surface area contributed by atoms with Crippen molar-refractivity contribution in [2.75, 3.05) is 0 Å². The molecule has 1 aliphatic heterocycles. The maximum Gasteiger partial charge on any atom is 0.327 e. The number of nitrogens with zero attached hydrogens (tertiary/aromatic N) is 1. The molecule has 5 heteroatoms. The van der Waals surface area contributed by atoms with Crippen molar-refractivity contribution in [3.05, 3.63) is 0 Å². The van der Waals surface area contributed by atoms with E-state index in [1.807, 2.05) is 41.5 Å². The number of carbonyl (C=O) groups excluding carboxylic acids is 2. The van der Waals surface area contributed by atoms with E-state index in [1.54, 1.807) is 0 Å². The molecular weight excluding hydrogens is 306 g/mol. The average molecular weight is 333 g/mol. The maximum absolute atomic E-state index is 13.0. The highest BCUT2D eigenvalue weighted by Crippen LogP contribution is 2.65. The second kappa shape index (κ2) is 4.97. The van der Waals surface area contributed by atoms with E-state index in [0.717, 1.165) is 0 Å². The molecule has 2 aliphatic carbocycles. The number of carbonyl (C=O) groups is 2. The molecule has 24 heavy (non-hydrogen) atoms. The van der Waals surface area contributed by atoms with Gasteiger partial charge in [0.25, 0.3) is 0 Å². The van der Waals surface area contributed by atoms with Crippen LogP contribution in [-0.4, -0.2) is 24.1 Å². The molecule has 3 aliphatic rings. The Labute approximate surface area is 143 Å². The summed E-state index contributed by atoms with van der Waals surface area (Å²) in [6.45, 7) is 12.1. The van der Waals surface area contributed by atoms with Crippen LogP contribution in [0.25, 0.3) is 0 Å². The fourth-order valence-electron chi connectivity index (χ4n) is 5.00. The third-order valence-electron chi connectivity index (χ3n) is 7.33. The molecule has 7 unspecified atom stereocenters. The number of ether oxygens (including phenoxy) is 2. The highest BCUT2D eigenvalue weighted by Gasteiger charge is 2.75. The van der Waals surface area contributed by atoms with Gasteiger partial charge in [-0.15, -0.1) is 0 Å². The molecule has 0 N–H and O–H groups in total. The summed E-state index contributed by atoms with van der Waals surface area (Å²) >= 11 is 0. The van der Waals surface area contributed by atoms with E-state index in [0.29, 0.717) is 12.8 Å². The first-order valence-corrected chi connectivity index (χ1v) is 8.87. The zero-order valence-corrected chi connectivity index (χ0v) is 15.4. The van der Waals surface area contributed by atoms with Crippen LogP contribution in [0.3, 0.4) is 0 Å². The van der Waals surface area contributed by atoms with E-state index in [1.165, 1.54) is 0 Å². The lowest BCUT2D eigenvalue weighted by molar-refractivity contribution is -0.177. The molecule has 0 radical (unpaired) electrons. The van der Waals surface area contributed by atoms with Gasteiger partial charge in [-0.05, 0) is 31.1 Å². The SMILES string of the molecule is CCC(C)(C(=O)OC1C2CC3(C#N)C(=O)OC1C3C2C)C(C)(C)C. The molecule has 1 saturated heterocycles. The second-order valence-corrected chi connectivity index (χ2v) is 9.01. The summed E-state index contributed by atoms with van der Waals surface area (Å²) in [7, 11) is 0. The molecule has 7 atom stereocenters. The van der Waals surface area contributed by atoms with E-state index < -0.39 is 29.0 Å². The molecule has 0 aromatic rings. The average Bonchev–Trinajstić information content (AvgIpc) is 3.02. The molecular formula is C19H27NO4. The third kappa shape index (κ3) is 1.86. The van der Waals surface area contributed by atoms with Gasteiger partial charge >= 0.3 is 11.9 Å². The van der Waals surface area contributed by atoms with Crippen LogP contribution in [0.1, 0.15) is 54.4 Å². The van der Waals surface area contributed by atoms with E-state index in [9.17, 15) is 14.9 Å². The Kier molecular flexibility index (Phi) is 3.57. The minimum atomic E-state index is -1.02. The minimum absolute atomic E-state index is 0.0242. The molecule has 0 amide bonds. The monoisotopic (exact) mass is 333 g/mol. The Bertz CT molecular complexity index is 630. The van der Waals surface area contributed by atoms with Crippen molar-refractivity contribution in [3.63, 3.8) is 0 Å². The molecule has 1 heterocycles. The number of hydrogen-bond donors (Lipinski definition) is 0. The van der Waals surface area contributed by atoms with Crippen LogP contribution in [-0.2, 0) is 19.1 Å². The van der Waals surface area contributed by atoms with Crippen LogP contribution in [0.15, 0.2) is 0 Å². The quantitative estimate of drug-likeness (QED) is 0.742. The van der Waals surface area contributed by atoms with Gasteiger partial charge in [-0.2, -0.15) is 5.26 Å². The molecule has 0 aromatic carbocycles.